The largest absolute Gasteiger partial charge is 0.395 e. The summed E-state index contributed by atoms with van der Waals surface area (Å²) in [5.41, 5.74) is 5.69. The monoisotopic (exact) mass is 213 g/mol. The second kappa shape index (κ2) is 5.25. The van der Waals surface area contributed by atoms with Crippen LogP contribution in [0.1, 0.15) is 19.3 Å². The van der Waals surface area contributed by atoms with E-state index in [1.807, 2.05) is 0 Å². The van der Waals surface area contributed by atoms with Crippen LogP contribution in [0.3, 0.4) is 0 Å². The molecule has 0 amide bonds. The second-order valence-electron chi connectivity index (χ2n) is 4.84. The molecule has 1 aliphatic carbocycles. The van der Waals surface area contributed by atoms with Crippen molar-refractivity contribution in [1.82, 2.24) is 9.80 Å². The van der Waals surface area contributed by atoms with Crippen molar-refractivity contribution in [3.05, 3.63) is 0 Å². The molecule has 0 aromatic rings. The number of nitrogens with zero attached hydrogens (tertiary/aromatic N) is 2. The summed E-state index contributed by atoms with van der Waals surface area (Å²) in [6, 6.07) is 0.873. The number of hydrogen-bond acceptors (Lipinski definition) is 4. The molecule has 2 rings (SSSR count). The van der Waals surface area contributed by atoms with Gasteiger partial charge in [-0.1, -0.05) is 0 Å². The first-order valence-corrected chi connectivity index (χ1v) is 6.12. The van der Waals surface area contributed by atoms with Gasteiger partial charge < -0.3 is 15.7 Å². The van der Waals surface area contributed by atoms with Crippen LogP contribution < -0.4 is 5.73 Å². The lowest BCUT2D eigenvalue weighted by Crippen LogP contribution is -2.48. The molecular weight excluding hydrogens is 190 g/mol. The standard InChI is InChI=1S/C11H23N3O/c12-10(9-15)3-4-13-5-7-14(8-6-13)11-1-2-11/h10-11,15H,1-9,12H2. The predicted octanol–water partition coefficient (Wildman–Crippen LogP) is -0.524. The van der Waals surface area contributed by atoms with Gasteiger partial charge in [0.2, 0.25) is 0 Å². The topological polar surface area (TPSA) is 52.7 Å². The van der Waals surface area contributed by atoms with Gasteiger partial charge in [0.25, 0.3) is 0 Å². The van der Waals surface area contributed by atoms with E-state index in [1.54, 1.807) is 0 Å². The Hall–Kier alpha value is -0.160. The molecule has 0 bridgehead atoms. The van der Waals surface area contributed by atoms with Gasteiger partial charge in [-0.25, -0.2) is 0 Å². The summed E-state index contributed by atoms with van der Waals surface area (Å²) in [7, 11) is 0. The zero-order valence-electron chi connectivity index (χ0n) is 9.44. The Labute approximate surface area is 92.0 Å². The van der Waals surface area contributed by atoms with Crippen molar-refractivity contribution in [3.8, 4) is 0 Å². The van der Waals surface area contributed by atoms with Crippen LogP contribution in [0.2, 0.25) is 0 Å². The maximum atomic E-state index is 8.84. The number of aliphatic hydroxyl groups is 1. The zero-order chi connectivity index (χ0) is 10.7. The number of rotatable bonds is 5. The van der Waals surface area contributed by atoms with Crippen LogP contribution in [0.4, 0.5) is 0 Å². The lowest BCUT2D eigenvalue weighted by Gasteiger charge is -2.35. The molecule has 88 valence electrons. The third-order valence-corrected chi connectivity index (χ3v) is 3.52. The molecule has 1 saturated carbocycles. The number of nitrogens with two attached hydrogens (primary N) is 1. The van der Waals surface area contributed by atoms with Crippen LogP contribution in [-0.4, -0.2) is 66.3 Å². The summed E-state index contributed by atoms with van der Waals surface area (Å²) in [6.07, 6.45) is 3.74. The highest BCUT2D eigenvalue weighted by atomic mass is 16.3. The van der Waals surface area contributed by atoms with Crippen molar-refractivity contribution in [2.75, 3.05) is 39.3 Å². The highest BCUT2D eigenvalue weighted by Gasteiger charge is 2.30. The van der Waals surface area contributed by atoms with E-state index in [1.165, 1.54) is 39.0 Å². The highest BCUT2D eigenvalue weighted by molar-refractivity contribution is 4.87. The molecule has 0 radical (unpaired) electrons. The van der Waals surface area contributed by atoms with E-state index in [-0.39, 0.29) is 12.6 Å². The van der Waals surface area contributed by atoms with E-state index in [0.29, 0.717) is 0 Å². The maximum Gasteiger partial charge on any atom is 0.0583 e. The van der Waals surface area contributed by atoms with Crippen molar-refractivity contribution >= 4 is 0 Å². The maximum absolute atomic E-state index is 8.84. The Bertz CT molecular complexity index is 188. The molecule has 1 saturated heterocycles. The third kappa shape index (κ3) is 3.41. The quantitative estimate of drug-likeness (QED) is 0.645. The van der Waals surface area contributed by atoms with Crippen LogP contribution in [0, 0.1) is 0 Å². The predicted molar refractivity (Wildman–Crippen MR) is 60.7 cm³/mol. The Balaban J connectivity index is 1.60. The minimum absolute atomic E-state index is 0.0357. The number of hydrogen-bond donors (Lipinski definition) is 2. The normalized spacial score (nSPS) is 26.8. The molecule has 2 aliphatic rings. The van der Waals surface area contributed by atoms with Crippen LogP contribution in [0.25, 0.3) is 0 Å². The molecule has 4 nitrogen and oxygen atoms in total. The van der Waals surface area contributed by atoms with Gasteiger partial charge in [0.1, 0.15) is 0 Å². The van der Waals surface area contributed by atoms with Gasteiger partial charge in [0.05, 0.1) is 6.61 Å². The molecule has 0 aromatic heterocycles. The van der Waals surface area contributed by atoms with E-state index >= 15 is 0 Å². The summed E-state index contributed by atoms with van der Waals surface area (Å²) in [5.74, 6) is 0. The second-order valence-corrected chi connectivity index (χ2v) is 4.84. The molecule has 1 aliphatic heterocycles. The van der Waals surface area contributed by atoms with E-state index in [4.69, 9.17) is 10.8 Å². The Kier molecular flexibility index (Phi) is 3.97. The van der Waals surface area contributed by atoms with Gasteiger partial charge in [-0.3, -0.25) is 4.90 Å². The number of aliphatic hydroxyl groups excluding tert-OH is 1. The molecule has 15 heavy (non-hydrogen) atoms. The Morgan fingerprint density at radius 3 is 2.40 bits per heavy atom. The molecule has 1 unspecified atom stereocenters. The molecule has 1 heterocycles. The molecular formula is C11H23N3O. The molecule has 0 aromatic carbocycles. The first-order chi connectivity index (χ1) is 7.29. The smallest absolute Gasteiger partial charge is 0.0583 e. The molecule has 0 spiro atoms. The minimum atomic E-state index is -0.0357. The third-order valence-electron chi connectivity index (χ3n) is 3.52. The summed E-state index contributed by atoms with van der Waals surface area (Å²) in [4.78, 5) is 5.08. The van der Waals surface area contributed by atoms with Gasteiger partial charge in [0, 0.05) is 38.3 Å². The van der Waals surface area contributed by atoms with Crippen molar-refractivity contribution in [1.29, 1.82) is 0 Å². The van der Waals surface area contributed by atoms with Gasteiger partial charge in [-0.05, 0) is 25.8 Å². The van der Waals surface area contributed by atoms with Crippen molar-refractivity contribution in [3.63, 3.8) is 0 Å². The fraction of sp³-hybridized carbons (Fsp3) is 1.00. The van der Waals surface area contributed by atoms with Crippen molar-refractivity contribution in [2.45, 2.75) is 31.3 Å². The molecule has 1 atom stereocenters. The highest BCUT2D eigenvalue weighted by Crippen LogP contribution is 2.27. The van der Waals surface area contributed by atoms with E-state index in [9.17, 15) is 0 Å². The summed E-state index contributed by atoms with van der Waals surface area (Å²) >= 11 is 0. The average Bonchev–Trinajstić information content (AvgIpc) is 3.10. The molecule has 4 heteroatoms. The van der Waals surface area contributed by atoms with Gasteiger partial charge in [-0.2, -0.15) is 0 Å². The average molecular weight is 213 g/mol. The van der Waals surface area contributed by atoms with Crippen LogP contribution >= 0.6 is 0 Å². The summed E-state index contributed by atoms with van der Waals surface area (Å²) in [5, 5.41) is 8.84. The van der Waals surface area contributed by atoms with Crippen LogP contribution in [-0.2, 0) is 0 Å². The van der Waals surface area contributed by atoms with Gasteiger partial charge >= 0.3 is 0 Å². The van der Waals surface area contributed by atoms with Crippen LogP contribution in [0.15, 0.2) is 0 Å². The lowest BCUT2D eigenvalue weighted by atomic mass is 10.2. The summed E-state index contributed by atoms with van der Waals surface area (Å²) < 4.78 is 0. The Morgan fingerprint density at radius 1 is 1.20 bits per heavy atom. The summed E-state index contributed by atoms with van der Waals surface area (Å²) in [6.45, 7) is 5.95. The van der Waals surface area contributed by atoms with Gasteiger partial charge in [-0.15, -0.1) is 0 Å². The first kappa shape index (κ1) is 11.3. The van der Waals surface area contributed by atoms with Crippen molar-refractivity contribution < 1.29 is 5.11 Å². The zero-order valence-corrected chi connectivity index (χ0v) is 9.44. The minimum Gasteiger partial charge on any atom is -0.395 e. The fourth-order valence-electron chi connectivity index (χ4n) is 2.23. The van der Waals surface area contributed by atoms with E-state index in [0.717, 1.165) is 19.0 Å². The SMILES string of the molecule is NC(CO)CCN1CCN(C2CC2)CC1. The molecule has 3 N–H and O–H groups in total. The van der Waals surface area contributed by atoms with Crippen molar-refractivity contribution in [2.24, 2.45) is 5.73 Å². The lowest BCUT2D eigenvalue weighted by molar-refractivity contribution is 0.121. The van der Waals surface area contributed by atoms with E-state index < -0.39 is 0 Å². The Morgan fingerprint density at radius 2 is 1.87 bits per heavy atom. The fourth-order valence-corrected chi connectivity index (χ4v) is 2.23. The van der Waals surface area contributed by atoms with Gasteiger partial charge in [0.15, 0.2) is 0 Å². The molecule has 2 fully saturated rings. The first-order valence-electron chi connectivity index (χ1n) is 6.12. The number of piperazine rings is 1. The van der Waals surface area contributed by atoms with Crippen LogP contribution in [0.5, 0.6) is 0 Å². The van der Waals surface area contributed by atoms with E-state index in [2.05, 4.69) is 9.80 Å².